The van der Waals surface area contributed by atoms with Crippen molar-refractivity contribution in [2.75, 3.05) is 6.61 Å². The van der Waals surface area contributed by atoms with E-state index in [1.54, 1.807) is 0 Å². The zero-order valence-corrected chi connectivity index (χ0v) is 4.85. The third-order valence-corrected chi connectivity index (χ3v) is 0.499. The van der Waals surface area contributed by atoms with Crippen molar-refractivity contribution in [1.82, 2.24) is 0 Å². The Balaban J connectivity index is 0. The standard InChI is InChI=1S/C3H7NO3.ClH/c4-2(1-5)3(6)7;/h2,5H,1,4H2,(H,6,7);1H/p-1. The first kappa shape index (κ1) is 10.6. The van der Waals surface area contributed by atoms with E-state index in [9.17, 15) is 9.90 Å². The third-order valence-electron chi connectivity index (χ3n) is 0.499. The lowest BCUT2D eigenvalue weighted by molar-refractivity contribution is -0.308. The van der Waals surface area contributed by atoms with Crippen LogP contribution in [0.2, 0.25) is 0 Å². The molecule has 50 valence electrons. The fourth-order valence-corrected chi connectivity index (χ4v) is 0.0745. The van der Waals surface area contributed by atoms with Crippen LogP contribution in [0.5, 0.6) is 0 Å². The Bertz CT molecular complexity index is 76.9. The van der Waals surface area contributed by atoms with E-state index in [0.717, 1.165) is 0 Å². The fraction of sp³-hybridized carbons (Fsp3) is 0.667. The summed E-state index contributed by atoms with van der Waals surface area (Å²) in [7, 11) is 0. The molecule has 0 aliphatic heterocycles. The van der Waals surface area contributed by atoms with E-state index in [2.05, 4.69) is 0 Å². The van der Waals surface area contributed by atoms with Gasteiger partial charge in [0.25, 0.3) is 0 Å². The molecule has 0 saturated heterocycles. The molecule has 0 aliphatic rings. The summed E-state index contributed by atoms with van der Waals surface area (Å²) in [6, 6.07) is -1.24. The molecule has 0 radical (unpaired) electrons. The quantitative estimate of drug-likeness (QED) is 0.443. The first-order valence-electron chi connectivity index (χ1n) is 1.75. The molecule has 3 N–H and O–H groups in total. The second kappa shape index (κ2) is 4.83. The van der Waals surface area contributed by atoms with Crippen LogP contribution >= 0.6 is 12.4 Å². The number of aliphatic carboxylic acids is 1. The number of aliphatic hydroxyl groups excluding tert-OH is 1. The molecule has 0 aromatic heterocycles. The predicted octanol–water partition coefficient (Wildman–Crippen LogP) is -2.52. The lowest BCUT2D eigenvalue weighted by Gasteiger charge is -2.06. The molecule has 1 unspecified atom stereocenters. The van der Waals surface area contributed by atoms with Crippen LogP contribution < -0.4 is 10.8 Å². The Morgan fingerprint density at radius 3 is 2.25 bits per heavy atom. The molecule has 1 atom stereocenters. The number of rotatable bonds is 2. The highest BCUT2D eigenvalue weighted by molar-refractivity contribution is 5.85. The van der Waals surface area contributed by atoms with Gasteiger partial charge < -0.3 is 20.7 Å². The van der Waals surface area contributed by atoms with Crippen molar-refractivity contribution >= 4 is 18.4 Å². The fourth-order valence-electron chi connectivity index (χ4n) is 0.0745. The van der Waals surface area contributed by atoms with Gasteiger partial charge in [0.2, 0.25) is 0 Å². The van der Waals surface area contributed by atoms with Gasteiger partial charge in [-0.05, 0) is 0 Å². The van der Waals surface area contributed by atoms with Crippen LogP contribution in [-0.2, 0) is 4.79 Å². The van der Waals surface area contributed by atoms with Crippen molar-refractivity contribution in [2.24, 2.45) is 5.73 Å². The van der Waals surface area contributed by atoms with Crippen molar-refractivity contribution in [2.45, 2.75) is 6.04 Å². The van der Waals surface area contributed by atoms with Crippen LogP contribution in [0.15, 0.2) is 0 Å². The lowest BCUT2D eigenvalue weighted by atomic mass is 10.3. The second-order valence-corrected chi connectivity index (χ2v) is 1.11. The number of carbonyl (C=O) groups is 1. The number of aliphatic hydroxyl groups is 1. The van der Waals surface area contributed by atoms with E-state index in [1.807, 2.05) is 0 Å². The molecular weight excluding hydrogens is 133 g/mol. The Kier molecular flexibility index (Phi) is 6.41. The summed E-state index contributed by atoms with van der Waals surface area (Å²) in [5.74, 6) is -1.43. The second-order valence-electron chi connectivity index (χ2n) is 1.11. The molecule has 0 spiro atoms. The number of halogens is 1. The number of carbonyl (C=O) groups excluding carboxylic acids is 1. The van der Waals surface area contributed by atoms with E-state index >= 15 is 0 Å². The molecule has 0 saturated carbocycles. The molecule has 0 heterocycles. The SMILES string of the molecule is Cl.NC(CO)C(=O)[O-]. The Hall–Kier alpha value is -0.320. The summed E-state index contributed by atoms with van der Waals surface area (Å²) >= 11 is 0. The molecule has 0 fully saturated rings. The van der Waals surface area contributed by atoms with Gasteiger partial charge >= 0.3 is 0 Å². The van der Waals surface area contributed by atoms with Gasteiger partial charge in [-0.15, -0.1) is 12.4 Å². The predicted molar refractivity (Wildman–Crippen MR) is 27.3 cm³/mol. The van der Waals surface area contributed by atoms with Crippen LogP contribution in [0.1, 0.15) is 0 Å². The maximum atomic E-state index is 9.53. The smallest absolute Gasteiger partial charge is 0.0677 e. The molecule has 0 amide bonds. The van der Waals surface area contributed by atoms with Crippen molar-refractivity contribution in [3.05, 3.63) is 0 Å². The Morgan fingerprint density at radius 1 is 1.88 bits per heavy atom. The lowest BCUT2D eigenvalue weighted by Crippen LogP contribution is -2.44. The zero-order valence-electron chi connectivity index (χ0n) is 4.03. The van der Waals surface area contributed by atoms with Gasteiger partial charge in [-0.25, -0.2) is 0 Å². The maximum absolute atomic E-state index is 9.53. The van der Waals surface area contributed by atoms with Crippen molar-refractivity contribution < 1.29 is 15.0 Å². The van der Waals surface area contributed by atoms with E-state index in [-0.39, 0.29) is 12.4 Å². The summed E-state index contributed by atoms with van der Waals surface area (Å²) in [6.07, 6.45) is 0. The summed E-state index contributed by atoms with van der Waals surface area (Å²) in [5.41, 5.74) is 4.70. The average Bonchev–Trinajstić information content (AvgIpc) is 1.65. The largest absolute Gasteiger partial charge is 0.548 e. The number of carboxylic acids is 1. The minimum Gasteiger partial charge on any atom is -0.548 e. The van der Waals surface area contributed by atoms with Gasteiger partial charge in [-0.2, -0.15) is 0 Å². The monoisotopic (exact) mass is 140 g/mol. The molecule has 4 nitrogen and oxygen atoms in total. The van der Waals surface area contributed by atoms with Crippen molar-refractivity contribution in [1.29, 1.82) is 0 Å². The first-order chi connectivity index (χ1) is 3.18. The number of nitrogens with two attached hydrogens (primary N) is 1. The minimum atomic E-state index is -1.43. The van der Waals surface area contributed by atoms with Crippen LogP contribution in [0, 0.1) is 0 Å². The van der Waals surface area contributed by atoms with Crippen molar-refractivity contribution in [3.63, 3.8) is 0 Å². The Labute approximate surface area is 52.7 Å². The number of hydrogen-bond donors (Lipinski definition) is 2. The van der Waals surface area contributed by atoms with Gasteiger partial charge in [-0.3, -0.25) is 0 Å². The Morgan fingerprint density at radius 2 is 2.25 bits per heavy atom. The van der Waals surface area contributed by atoms with Gasteiger partial charge in [0.05, 0.1) is 18.6 Å². The highest BCUT2D eigenvalue weighted by atomic mass is 35.5. The van der Waals surface area contributed by atoms with Crippen LogP contribution in [0.25, 0.3) is 0 Å². The van der Waals surface area contributed by atoms with Gasteiger partial charge in [0, 0.05) is 0 Å². The first-order valence-corrected chi connectivity index (χ1v) is 1.75. The molecule has 0 bridgehead atoms. The summed E-state index contributed by atoms with van der Waals surface area (Å²) in [4.78, 5) is 9.53. The molecular formula is C3H7ClNO3-. The molecule has 0 aromatic carbocycles. The highest BCUT2D eigenvalue weighted by Crippen LogP contribution is 1.66. The topological polar surface area (TPSA) is 86.4 Å². The average molecular weight is 141 g/mol. The number of hydrogen-bond acceptors (Lipinski definition) is 4. The minimum absolute atomic E-state index is 0. The summed E-state index contributed by atoms with van der Waals surface area (Å²) in [6.45, 7) is -0.567. The third kappa shape index (κ3) is 3.86. The number of carboxylic acid groups (broad SMARTS) is 1. The molecule has 5 heteroatoms. The van der Waals surface area contributed by atoms with E-state index in [0.29, 0.717) is 0 Å². The van der Waals surface area contributed by atoms with Crippen molar-refractivity contribution in [3.8, 4) is 0 Å². The zero-order chi connectivity index (χ0) is 5.86. The normalized spacial score (nSPS) is 11.8. The van der Waals surface area contributed by atoms with E-state index in [1.165, 1.54) is 0 Å². The molecule has 0 aromatic rings. The molecule has 0 aliphatic carbocycles. The van der Waals surface area contributed by atoms with Crippen LogP contribution in [0.3, 0.4) is 0 Å². The summed E-state index contributed by atoms with van der Waals surface area (Å²) in [5, 5.41) is 17.5. The van der Waals surface area contributed by atoms with Gasteiger partial charge in [-0.1, -0.05) is 0 Å². The van der Waals surface area contributed by atoms with Gasteiger partial charge in [0.15, 0.2) is 0 Å². The maximum Gasteiger partial charge on any atom is 0.0677 e. The molecule has 0 rings (SSSR count). The van der Waals surface area contributed by atoms with E-state index < -0.39 is 18.6 Å². The summed E-state index contributed by atoms with van der Waals surface area (Å²) < 4.78 is 0. The van der Waals surface area contributed by atoms with E-state index in [4.69, 9.17) is 10.8 Å². The highest BCUT2D eigenvalue weighted by Gasteiger charge is 1.96. The van der Waals surface area contributed by atoms with Crippen LogP contribution in [0.4, 0.5) is 0 Å². The molecule has 8 heavy (non-hydrogen) atoms. The van der Waals surface area contributed by atoms with Gasteiger partial charge in [0.1, 0.15) is 0 Å². The van der Waals surface area contributed by atoms with Crippen LogP contribution in [-0.4, -0.2) is 23.7 Å².